The number of nitrogens with zero attached hydrogens (tertiary/aromatic N) is 2. The van der Waals surface area contributed by atoms with Crippen LogP contribution in [0.4, 0.5) is 11.4 Å². The number of nitrogens with two attached hydrogens (primary N) is 1. The third-order valence-electron chi connectivity index (χ3n) is 8.62. The summed E-state index contributed by atoms with van der Waals surface area (Å²) in [5, 5.41) is 6.11. The van der Waals surface area contributed by atoms with Crippen molar-refractivity contribution in [3.05, 3.63) is 23.2 Å². The molecule has 4 aliphatic carbocycles. The highest BCUT2D eigenvalue weighted by molar-refractivity contribution is 8.23. The van der Waals surface area contributed by atoms with Crippen LogP contribution in [-0.4, -0.2) is 56.8 Å². The zero-order chi connectivity index (χ0) is 26.7. The van der Waals surface area contributed by atoms with Gasteiger partial charge in [0.1, 0.15) is 0 Å². The molecule has 3 unspecified atom stereocenters. The number of amides is 3. The van der Waals surface area contributed by atoms with Gasteiger partial charge in [-0.2, -0.15) is 4.31 Å². The molecule has 6 N–H and O–H groups in total. The number of hydrogen-bond acceptors (Lipinski definition) is 7. The fraction of sp³-hybridized carbons (Fsp3) is 0.640. The topological polar surface area (TPSA) is 148 Å². The number of rotatable bonds is 6. The molecule has 4 saturated carbocycles. The molecule has 1 aromatic carbocycles. The van der Waals surface area contributed by atoms with Crippen molar-refractivity contribution in [2.75, 3.05) is 29.3 Å². The van der Waals surface area contributed by atoms with E-state index in [2.05, 4.69) is 10.6 Å². The Hall–Kier alpha value is -2.05. The van der Waals surface area contributed by atoms with Crippen LogP contribution < -0.4 is 20.7 Å². The van der Waals surface area contributed by atoms with Crippen molar-refractivity contribution in [3.63, 3.8) is 0 Å². The van der Waals surface area contributed by atoms with Crippen LogP contribution in [0.2, 0.25) is 5.02 Å². The lowest BCUT2D eigenvalue weighted by Gasteiger charge is -2.59. The minimum absolute atomic E-state index is 0.0209. The number of carbonyl (C=O) groups is 3. The van der Waals surface area contributed by atoms with Gasteiger partial charge in [-0.15, -0.1) is 0 Å². The summed E-state index contributed by atoms with van der Waals surface area (Å²) in [4.78, 5) is 36.8. The molecule has 10 nitrogen and oxygen atoms in total. The molecule has 6 rings (SSSR count). The minimum atomic E-state index is -3.51. The lowest BCUT2D eigenvalue weighted by molar-refractivity contribution is -0.147. The van der Waals surface area contributed by atoms with Gasteiger partial charge in [0.25, 0.3) is 0 Å². The second kappa shape index (κ2) is 9.60. The van der Waals surface area contributed by atoms with E-state index in [1.165, 1.54) is 15.5 Å². The minimum Gasteiger partial charge on any atom is -0.369 e. The van der Waals surface area contributed by atoms with Gasteiger partial charge in [-0.3, -0.25) is 27.8 Å². The van der Waals surface area contributed by atoms with Crippen molar-refractivity contribution in [1.29, 1.82) is 0 Å². The predicted octanol–water partition coefficient (Wildman–Crippen LogP) is 3.43. The Morgan fingerprint density at radius 3 is 2.43 bits per heavy atom. The Balaban J connectivity index is 1.28. The molecule has 5 aliphatic rings. The maximum absolute atomic E-state index is 13.2. The molecule has 37 heavy (non-hydrogen) atoms. The van der Waals surface area contributed by atoms with Crippen LogP contribution in [0.5, 0.6) is 0 Å². The molecule has 3 amide bonds. The van der Waals surface area contributed by atoms with E-state index in [9.17, 15) is 23.5 Å². The lowest BCUT2D eigenvalue weighted by atomic mass is 9.47. The first kappa shape index (κ1) is 26.6. The van der Waals surface area contributed by atoms with Gasteiger partial charge < -0.3 is 16.4 Å². The largest absolute Gasteiger partial charge is 0.369 e. The van der Waals surface area contributed by atoms with E-state index in [0.717, 1.165) is 32.1 Å². The summed E-state index contributed by atoms with van der Waals surface area (Å²) in [6.45, 7) is 3.91. The molecule has 1 aliphatic heterocycles. The van der Waals surface area contributed by atoms with Gasteiger partial charge in [-0.25, -0.2) is 0 Å². The molecular weight excluding hydrogens is 518 g/mol. The van der Waals surface area contributed by atoms with Gasteiger partial charge in [0.05, 0.1) is 17.3 Å². The molecule has 3 atom stereocenters. The smallest absolute Gasteiger partial charge is 0.236 e. The van der Waals surface area contributed by atoms with Crippen LogP contribution in [-0.2, 0) is 14.4 Å². The Morgan fingerprint density at radius 1 is 1.16 bits per heavy atom. The van der Waals surface area contributed by atoms with E-state index in [1.54, 1.807) is 18.2 Å². The maximum atomic E-state index is 13.2. The van der Waals surface area contributed by atoms with E-state index in [4.69, 9.17) is 17.3 Å². The summed E-state index contributed by atoms with van der Waals surface area (Å²) in [7, 11) is -3.51. The number of benzene rings is 1. The SMILES string of the molecule is CC(=O)Nc1ccc(N2CC(C)CN(CC(=O)NC3C4CC5CC3CC(C(N)=O)(C5)C4)S2(O)O)c(Cl)c1. The highest BCUT2D eigenvalue weighted by Gasteiger charge is 2.58. The first-order valence-corrected chi connectivity index (χ1v) is 14.7. The molecule has 0 aromatic heterocycles. The Labute approximate surface area is 223 Å². The van der Waals surface area contributed by atoms with Gasteiger partial charge in [0, 0.05) is 37.2 Å². The fourth-order valence-electron chi connectivity index (χ4n) is 7.35. The highest BCUT2D eigenvalue weighted by Crippen LogP contribution is 2.60. The molecule has 1 saturated heterocycles. The number of halogens is 1. The van der Waals surface area contributed by atoms with Gasteiger partial charge in [-0.1, -0.05) is 18.5 Å². The average molecular weight is 554 g/mol. The second-order valence-electron chi connectivity index (χ2n) is 11.5. The number of primary amides is 1. The van der Waals surface area contributed by atoms with Gasteiger partial charge in [0.2, 0.25) is 17.7 Å². The van der Waals surface area contributed by atoms with Crippen LogP contribution in [0.25, 0.3) is 0 Å². The number of nitrogens with one attached hydrogen (secondary N) is 2. The first-order chi connectivity index (χ1) is 17.4. The lowest BCUT2D eigenvalue weighted by Crippen LogP contribution is -2.63. The quantitative estimate of drug-likeness (QED) is 0.362. The van der Waals surface area contributed by atoms with E-state index in [1.807, 2.05) is 6.92 Å². The highest BCUT2D eigenvalue weighted by atomic mass is 35.5. The van der Waals surface area contributed by atoms with Gasteiger partial charge in [0.15, 0.2) is 0 Å². The number of carbonyl (C=O) groups excluding carboxylic acids is 3. The summed E-state index contributed by atoms with van der Waals surface area (Å²) in [5.74, 6) is 0.268. The standard InChI is InChI=1S/C25H36ClN5O5S/c1-14-11-30(37(35,36)31(12-14)21-4-3-19(7-20(21)26)28-15(2)32)13-22(33)29-23-17-5-16-6-18(23)10-25(8-16,9-17)24(27)34/h3-4,7,14,16-18,23,35-36H,5-6,8-13H2,1-2H3,(H2,27,34)(H,28,32)(H,29,33). The molecule has 1 heterocycles. The van der Waals surface area contributed by atoms with E-state index in [0.29, 0.717) is 30.4 Å². The average Bonchev–Trinajstić information content (AvgIpc) is 2.78. The molecule has 12 heteroatoms. The third kappa shape index (κ3) is 4.92. The van der Waals surface area contributed by atoms with Crippen LogP contribution in [0.15, 0.2) is 18.2 Å². The van der Waals surface area contributed by atoms with Crippen LogP contribution >= 0.6 is 22.6 Å². The monoisotopic (exact) mass is 553 g/mol. The van der Waals surface area contributed by atoms with Crippen molar-refractivity contribution in [1.82, 2.24) is 9.62 Å². The summed E-state index contributed by atoms with van der Waals surface area (Å²) in [6.07, 6.45) is 4.29. The van der Waals surface area contributed by atoms with E-state index < -0.39 is 16.4 Å². The Morgan fingerprint density at radius 2 is 1.84 bits per heavy atom. The first-order valence-electron chi connectivity index (χ1n) is 12.9. The zero-order valence-electron chi connectivity index (χ0n) is 21.2. The maximum Gasteiger partial charge on any atom is 0.236 e. The molecule has 1 aromatic rings. The van der Waals surface area contributed by atoms with Gasteiger partial charge in [-0.05, 0) is 84.9 Å². The van der Waals surface area contributed by atoms with Crippen LogP contribution in [0.3, 0.4) is 0 Å². The fourth-order valence-corrected chi connectivity index (χ4v) is 9.59. The third-order valence-corrected chi connectivity index (χ3v) is 10.8. The van der Waals surface area contributed by atoms with Crippen molar-refractivity contribution in [3.8, 4) is 0 Å². The molecule has 0 radical (unpaired) electrons. The second-order valence-corrected chi connectivity index (χ2v) is 13.9. The van der Waals surface area contributed by atoms with E-state index in [-0.39, 0.29) is 53.1 Å². The van der Waals surface area contributed by atoms with E-state index >= 15 is 0 Å². The molecular formula is C25H36ClN5O5S. The van der Waals surface area contributed by atoms with Crippen molar-refractivity contribution < 1.29 is 23.5 Å². The summed E-state index contributed by atoms with van der Waals surface area (Å²) < 4.78 is 25.5. The normalized spacial score (nSPS) is 35.2. The Kier molecular flexibility index (Phi) is 6.89. The van der Waals surface area contributed by atoms with Gasteiger partial charge >= 0.3 is 0 Å². The molecule has 204 valence electrons. The summed E-state index contributed by atoms with van der Waals surface area (Å²) in [5.41, 5.74) is 6.29. The van der Waals surface area contributed by atoms with Crippen LogP contribution in [0, 0.1) is 29.1 Å². The summed E-state index contributed by atoms with van der Waals surface area (Å²) in [6, 6.07) is 4.84. The Bertz CT molecular complexity index is 1100. The van der Waals surface area contributed by atoms with Crippen molar-refractivity contribution in [2.24, 2.45) is 34.8 Å². The molecule has 4 bridgehead atoms. The summed E-state index contributed by atoms with van der Waals surface area (Å²) >= 11 is 6.47. The molecule has 5 fully saturated rings. The predicted molar refractivity (Wildman–Crippen MR) is 144 cm³/mol. The number of hydrogen-bond donors (Lipinski definition) is 5. The van der Waals surface area contributed by atoms with Crippen LogP contribution in [0.1, 0.15) is 46.0 Å². The zero-order valence-corrected chi connectivity index (χ0v) is 22.7. The number of anilines is 2. The van der Waals surface area contributed by atoms with Crippen molar-refractivity contribution in [2.45, 2.75) is 52.0 Å². The molecule has 0 spiro atoms. The van der Waals surface area contributed by atoms with Crippen molar-refractivity contribution >= 4 is 51.7 Å².